The number of carbonyl (C=O) groups excluding carboxylic acids is 1. The van der Waals surface area contributed by atoms with Crippen molar-refractivity contribution in [3.8, 4) is 6.07 Å². The van der Waals surface area contributed by atoms with Crippen molar-refractivity contribution in [2.75, 3.05) is 0 Å². The molecule has 1 aliphatic heterocycles. The highest BCUT2D eigenvalue weighted by molar-refractivity contribution is 7.38. The molecule has 0 radical (unpaired) electrons. The van der Waals surface area contributed by atoms with Crippen LogP contribution in [0.5, 0.6) is 0 Å². The molecule has 0 saturated carbocycles. The molecular weight excluding hydrogens is 362 g/mol. The topological polar surface area (TPSA) is 73.1 Å². The van der Waals surface area contributed by atoms with E-state index in [1.807, 2.05) is 26.0 Å². The number of benzene rings is 1. The maximum atomic E-state index is 11.4. The number of nitriles is 1. The van der Waals surface area contributed by atoms with Crippen LogP contribution < -0.4 is 5.09 Å². The van der Waals surface area contributed by atoms with Gasteiger partial charge in [0.15, 0.2) is 0 Å². The van der Waals surface area contributed by atoms with E-state index in [-0.39, 0.29) is 5.91 Å². The van der Waals surface area contributed by atoms with Crippen LogP contribution in [0.25, 0.3) is 6.08 Å². The summed E-state index contributed by atoms with van der Waals surface area (Å²) in [6.45, 7) is 4.05. The van der Waals surface area contributed by atoms with Crippen molar-refractivity contribution in [2.45, 2.75) is 25.9 Å². The minimum Gasteiger partial charge on any atom is -0.516 e. The average Bonchev–Trinajstić information content (AvgIpc) is 2.59. The van der Waals surface area contributed by atoms with Gasteiger partial charge in [0.25, 0.3) is 0 Å². The first-order valence-electron chi connectivity index (χ1n) is 8.16. The van der Waals surface area contributed by atoms with Crippen LogP contribution in [0.15, 0.2) is 59.1 Å². The number of rotatable bonds is 5. The maximum absolute atomic E-state index is 11.4. The Kier molecular flexibility index (Phi) is 7.34. The van der Waals surface area contributed by atoms with Crippen molar-refractivity contribution in [3.05, 3.63) is 75.8 Å². The van der Waals surface area contributed by atoms with Crippen LogP contribution in [0.4, 0.5) is 0 Å². The van der Waals surface area contributed by atoms with Crippen LogP contribution >= 0.6 is 18.0 Å². The number of hydrogen-bond acceptors (Lipinski definition) is 3. The van der Waals surface area contributed by atoms with E-state index in [4.69, 9.17) is 10.4 Å². The summed E-state index contributed by atoms with van der Waals surface area (Å²) in [5.74, 6) is -0.00530. The first-order valence-corrected chi connectivity index (χ1v) is 9.81. The molecule has 1 amide bonds. The number of aryl methyl sites for hydroxylation is 1. The lowest BCUT2D eigenvalue weighted by Gasteiger charge is -2.22. The normalized spacial score (nSPS) is 19.4. The number of aliphatic hydroxyl groups is 1. The van der Waals surface area contributed by atoms with E-state index < -0.39 is 0 Å². The first kappa shape index (κ1) is 20.1. The van der Waals surface area contributed by atoms with Crippen molar-refractivity contribution in [1.82, 2.24) is 5.09 Å². The summed E-state index contributed by atoms with van der Waals surface area (Å²) < 4.78 is 0. The zero-order valence-electron chi connectivity index (χ0n) is 14.8. The Labute approximate surface area is 158 Å². The minimum absolute atomic E-state index is 0.00530. The first-order chi connectivity index (χ1) is 12.4. The lowest BCUT2D eigenvalue weighted by Crippen LogP contribution is -2.24. The SMILES string of the molecule is CC1=CC(=O)NPC1Cc1ccc(C)c(\C=C(P)/C=C(C#N)\C=C\O)c1. The lowest BCUT2D eigenvalue weighted by molar-refractivity contribution is -0.114. The van der Waals surface area contributed by atoms with Crippen molar-refractivity contribution < 1.29 is 9.90 Å². The standard InChI is InChI=1S/C20H22N2O2P2/c1-13-3-4-15(10-19-14(2)7-20(24)22-26-19)8-17(13)11-18(25)9-16(12-21)5-6-23/h3-9,11,19,23,26H,10,25H2,1-2H3,(H,22,24)/b6-5+,16-9+,18-11+. The number of carbonyl (C=O) groups is 1. The van der Waals surface area contributed by atoms with Gasteiger partial charge in [-0.1, -0.05) is 23.8 Å². The van der Waals surface area contributed by atoms with Crippen LogP contribution in [0, 0.1) is 18.3 Å². The zero-order chi connectivity index (χ0) is 19.1. The second kappa shape index (κ2) is 9.48. The minimum atomic E-state index is -0.00530. The van der Waals surface area contributed by atoms with Gasteiger partial charge < -0.3 is 10.2 Å². The second-order valence-electron chi connectivity index (χ2n) is 6.14. The van der Waals surface area contributed by atoms with E-state index in [2.05, 4.69) is 32.5 Å². The van der Waals surface area contributed by atoms with Gasteiger partial charge in [0.05, 0.1) is 17.9 Å². The molecule has 1 aromatic carbocycles. The molecule has 0 bridgehead atoms. The fourth-order valence-corrected chi connectivity index (χ4v) is 4.03. The largest absolute Gasteiger partial charge is 0.516 e. The summed E-state index contributed by atoms with van der Waals surface area (Å²) in [7, 11) is 3.01. The molecule has 6 heteroatoms. The third kappa shape index (κ3) is 5.67. The summed E-state index contributed by atoms with van der Waals surface area (Å²) in [5.41, 5.74) is 5.27. The Hall–Kier alpha value is -2.20. The number of allylic oxidation sites excluding steroid dienone is 5. The van der Waals surface area contributed by atoms with Crippen molar-refractivity contribution in [2.24, 2.45) is 0 Å². The molecule has 3 unspecified atom stereocenters. The lowest BCUT2D eigenvalue weighted by atomic mass is 9.99. The molecule has 0 saturated heterocycles. The van der Waals surface area contributed by atoms with Crippen LogP contribution in [0.3, 0.4) is 0 Å². The Bertz CT molecular complexity index is 861. The highest BCUT2D eigenvalue weighted by Crippen LogP contribution is 2.30. The fourth-order valence-electron chi connectivity index (χ4n) is 2.63. The van der Waals surface area contributed by atoms with Gasteiger partial charge in [0.1, 0.15) is 0 Å². The molecule has 1 heterocycles. The van der Waals surface area contributed by atoms with E-state index in [0.717, 1.165) is 34.7 Å². The highest BCUT2D eigenvalue weighted by atomic mass is 31.1. The third-order valence-corrected chi connectivity index (χ3v) is 5.82. The van der Waals surface area contributed by atoms with Gasteiger partial charge >= 0.3 is 0 Å². The van der Waals surface area contributed by atoms with E-state index in [1.165, 1.54) is 11.6 Å². The van der Waals surface area contributed by atoms with Crippen molar-refractivity contribution in [1.29, 1.82) is 5.26 Å². The molecule has 0 fully saturated rings. The predicted molar refractivity (Wildman–Crippen MR) is 112 cm³/mol. The fraction of sp³-hybridized carbons (Fsp3) is 0.200. The van der Waals surface area contributed by atoms with E-state index >= 15 is 0 Å². The quantitative estimate of drug-likeness (QED) is 0.344. The molecule has 4 nitrogen and oxygen atoms in total. The molecule has 26 heavy (non-hydrogen) atoms. The molecule has 0 aromatic heterocycles. The molecule has 134 valence electrons. The summed E-state index contributed by atoms with van der Waals surface area (Å²) in [4.78, 5) is 11.4. The molecule has 3 atom stereocenters. The van der Waals surface area contributed by atoms with Gasteiger partial charge in [0.2, 0.25) is 5.91 Å². The van der Waals surface area contributed by atoms with Gasteiger partial charge in [-0.25, -0.2) is 0 Å². The molecular formula is C20H22N2O2P2. The van der Waals surface area contributed by atoms with Gasteiger partial charge in [0, 0.05) is 11.7 Å². The molecule has 0 aliphatic carbocycles. The molecule has 2 N–H and O–H groups in total. The maximum Gasteiger partial charge on any atom is 0.246 e. The number of nitrogens with zero attached hydrogens (tertiary/aromatic N) is 1. The molecule has 0 spiro atoms. The molecule has 1 aliphatic rings. The zero-order valence-corrected chi connectivity index (χ0v) is 16.9. The van der Waals surface area contributed by atoms with Crippen LogP contribution in [-0.2, 0) is 11.2 Å². The van der Waals surface area contributed by atoms with Gasteiger partial charge in [-0.2, -0.15) is 5.26 Å². The summed E-state index contributed by atoms with van der Waals surface area (Å²) >= 11 is 0. The smallest absolute Gasteiger partial charge is 0.246 e. The Morgan fingerprint density at radius 2 is 2.23 bits per heavy atom. The Morgan fingerprint density at radius 3 is 2.88 bits per heavy atom. The Morgan fingerprint density at radius 1 is 1.46 bits per heavy atom. The average molecular weight is 384 g/mol. The molecule has 2 rings (SSSR count). The van der Waals surface area contributed by atoms with Crippen LogP contribution in [0.2, 0.25) is 0 Å². The summed E-state index contributed by atoms with van der Waals surface area (Å²) in [6, 6.07) is 8.38. The number of aliphatic hydroxyl groups excluding tert-OH is 1. The monoisotopic (exact) mass is 384 g/mol. The molecule has 1 aromatic rings. The van der Waals surface area contributed by atoms with Crippen molar-refractivity contribution in [3.63, 3.8) is 0 Å². The number of amides is 1. The van der Waals surface area contributed by atoms with Gasteiger partial charge in [-0.3, -0.25) is 4.79 Å². The third-order valence-electron chi connectivity index (χ3n) is 4.09. The summed E-state index contributed by atoms with van der Waals surface area (Å²) in [6.07, 6.45) is 8.47. The van der Waals surface area contributed by atoms with Gasteiger partial charge in [-0.05, 0) is 69.2 Å². The highest BCUT2D eigenvalue weighted by Gasteiger charge is 2.18. The number of nitrogens with one attached hydrogen (secondary N) is 1. The number of hydrogen-bond donors (Lipinski definition) is 2. The van der Waals surface area contributed by atoms with Crippen molar-refractivity contribution >= 4 is 30.0 Å². The van der Waals surface area contributed by atoms with E-state index in [1.54, 1.807) is 12.2 Å². The van der Waals surface area contributed by atoms with E-state index in [0.29, 0.717) is 20.0 Å². The van der Waals surface area contributed by atoms with Crippen LogP contribution in [-0.4, -0.2) is 16.7 Å². The predicted octanol–water partition coefficient (Wildman–Crippen LogP) is 4.31. The van der Waals surface area contributed by atoms with E-state index in [9.17, 15) is 4.79 Å². The van der Waals surface area contributed by atoms with Crippen LogP contribution in [0.1, 0.15) is 23.6 Å². The second-order valence-corrected chi connectivity index (χ2v) is 8.04. The summed E-state index contributed by atoms with van der Waals surface area (Å²) in [5, 5.41) is 21.6. The Balaban J connectivity index is 2.25. The van der Waals surface area contributed by atoms with Gasteiger partial charge in [-0.15, -0.1) is 9.24 Å².